The second-order valence-electron chi connectivity index (χ2n) is 8.15. The van der Waals surface area contributed by atoms with Gasteiger partial charge in [-0.2, -0.15) is 0 Å². The Morgan fingerprint density at radius 3 is 2.67 bits per heavy atom. The van der Waals surface area contributed by atoms with E-state index in [9.17, 15) is 14.7 Å². The lowest BCUT2D eigenvalue weighted by Gasteiger charge is -2.21. The molecule has 6 heteroatoms. The summed E-state index contributed by atoms with van der Waals surface area (Å²) in [7, 11) is 0. The number of hydrogen-bond donors (Lipinski definition) is 1. The molecule has 0 aliphatic carbocycles. The lowest BCUT2D eigenvalue weighted by atomic mass is 10.0. The largest absolute Gasteiger partial charge is 0.489 e. The molecule has 3 aromatic carbocycles. The Hall–Kier alpha value is -3.64. The van der Waals surface area contributed by atoms with Crippen LogP contribution in [0.2, 0.25) is 0 Å². The fraction of sp³-hybridized carbons (Fsp3) is 0.185. The molecule has 33 heavy (non-hydrogen) atoms. The van der Waals surface area contributed by atoms with Gasteiger partial charge in [-0.05, 0) is 70.6 Å². The quantitative estimate of drug-likeness (QED) is 0.395. The van der Waals surface area contributed by atoms with E-state index in [-0.39, 0.29) is 5.91 Å². The van der Waals surface area contributed by atoms with Crippen molar-refractivity contribution in [2.45, 2.75) is 25.5 Å². The minimum Gasteiger partial charge on any atom is -0.489 e. The number of carbonyl (C=O) groups is 2. The smallest absolute Gasteiger partial charge is 0.326 e. The highest BCUT2D eigenvalue weighted by atomic mass is 32.1. The molecule has 1 saturated heterocycles. The van der Waals surface area contributed by atoms with Gasteiger partial charge in [-0.1, -0.05) is 42.5 Å². The van der Waals surface area contributed by atoms with E-state index in [0.29, 0.717) is 31.6 Å². The maximum Gasteiger partial charge on any atom is 0.326 e. The van der Waals surface area contributed by atoms with Crippen molar-refractivity contribution < 1.29 is 19.4 Å². The van der Waals surface area contributed by atoms with Crippen LogP contribution in [0.25, 0.3) is 21.2 Å². The number of carboxylic acids is 1. The lowest BCUT2D eigenvalue weighted by Crippen LogP contribution is -2.40. The van der Waals surface area contributed by atoms with Gasteiger partial charge in [0.25, 0.3) is 5.91 Å². The first kappa shape index (κ1) is 21.2. The van der Waals surface area contributed by atoms with Crippen LogP contribution < -0.4 is 4.74 Å². The number of fused-ring (bicyclic) bond motifs is 1. The van der Waals surface area contributed by atoms with Crippen LogP contribution in [0, 0.1) is 0 Å². The van der Waals surface area contributed by atoms with Crippen molar-refractivity contribution in [1.82, 2.24) is 4.90 Å². The molecular weight excluding hydrogens is 434 g/mol. The van der Waals surface area contributed by atoms with Gasteiger partial charge < -0.3 is 14.7 Å². The number of rotatable bonds is 6. The van der Waals surface area contributed by atoms with Crippen molar-refractivity contribution in [3.05, 3.63) is 89.3 Å². The summed E-state index contributed by atoms with van der Waals surface area (Å²) in [6.45, 7) is 0.797. The van der Waals surface area contributed by atoms with E-state index >= 15 is 0 Å². The monoisotopic (exact) mass is 457 g/mol. The zero-order valence-electron chi connectivity index (χ0n) is 17.9. The molecule has 1 aliphatic heterocycles. The first-order valence-corrected chi connectivity index (χ1v) is 11.8. The highest BCUT2D eigenvalue weighted by Crippen LogP contribution is 2.33. The van der Waals surface area contributed by atoms with Crippen LogP contribution >= 0.6 is 11.3 Å². The third-order valence-electron chi connectivity index (χ3n) is 6.02. The predicted molar refractivity (Wildman–Crippen MR) is 130 cm³/mol. The second-order valence-corrected chi connectivity index (χ2v) is 9.07. The maximum atomic E-state index is 12.9. The fourth-order valence-electron chi connectivity index (χ4n) is 4.34. The summed E-state index contributed by atoms with van der Waals surface area (Å²) < 4.78 is 7.23. The minimum absolute atomic E-state index is 0.242. The van der Waals surface area contributed by atoms with Gasteiger partial charge in [0.05, 0.1) is 0 Å². The Labute approximate surface area is 195 Å². The standard InChI is InChI=1S/C27H23NO4S/c29-26(28-14-3-8-24(28)27(30)31)21-6-1-4-18(16-21)17-32-22-11-9-19(10-12-22)23-7-2-5-20-13-15-33-25(20)23/h1-2,4-7,9-13,15-16,24H,3,8,14,17H2,(H,30,31)/t24-/m0/s1. The Morgan fingerprint density at radius 2 is 1.85 bits per heavy atom. The van der Waals surface area contributed by atoms with Crippen molar-refractivity contribution in [2.24, 2.45) is 0 Å². The first-order valence-electron chi connectivity index (χ1n) is 10.9. The van der Waals surface area contributed by atoms with Gasteiger partial charge in [0, 0.05) is 16.8 Å². The molecule has 1 amide bonds. The molecule has 166 valence electrons. The first-order chi connectivity index (χ1) is 16.1. The molecule has 0 bridgehead atoms. The molecule has 5 rings (SSSR count). The van der Waals surface area contributed by atoms with Gasteiger partial charge in [0.1, 0.15) is 18.4 Å². The van der Waals surface area contributed by atoms with Gasteiger partial charge in [-0.3, -0.25) is 4.79 Å². The van der Waals surface area contributed by atoms with E-state index in [4.69, 9.17) is 4.74 Å². The Balaban J connectivity index is 1.27. The summed E-state index contributed by atoms with van der Waals surface area (Å²) in [4.78, 5) is 25.7. The maximum absolute atomic E-state index is 12.9. The second kappa shape index (κ2) is 9.08. The van der Waals surface area contributed by atoms with Gasteiger partial charge in [0.15, 0.2) is 0 Å². The number of ether oxygens (including phenoxy) is 1. The number of thiophene rings is 1. The molecule has 2 heterocycles. The zero-order valence-corrected chi connectivity index (χ0v) is 18.8. The van der Waals surface area contributed by atoms with Crippen molar-refractivity contribution in [2.75, 3.05) is 6.54 Å². The fourth-order valence-corrected chi connectivity index (χ4v) is 5.28. The van der Waals surface area contributed by atoms with Crippen molar-refractivity contribution in [3.63, 3.8) is 0 Å². The van der Waals surface area contributed by atoms with Crippen LogP contribution in [0.3, 0.4) is 0 Å². The average molecular weight is 458 g/mol. The highest BCUT2D eigenvalue weighted by Gasteiger charge is 2.34. The van der Waals surface area contributed by atoms with E-state index in [1.54, 1.807) is 23.5 Å². The summed E-state index contributed by atoms with van der Waals surface area (Å²) in [6.07, 6.45) is 1.21. The number of benzene rings is 3. The Morgan fingerprint density at radius 1 is 1.03 bits per heavy atom. The van der Waals surface area contributed by atoms with Gasteiger partial charge >= 0.3 is 5.97 Å². The summed E-state index contributed by atoms with van der Waals surface area (Å²) in [6, 6.07) is 23.0. The molecule has 1 aliphatic rings. The van der Waals surface area contributed by atoms with Crippen LogP contribution in [-0.4, -0.2) is 34.5 Å². The number of carbonyl (C=O) groups excluding carboxylic acids is 1. The van der Waals surface area contributed by atoms with E-state index < -0.39 is 12.0 Å². The topological polar surface area (TPSA) is 66.8 Å². The number of nitrogens with zero attached hydrogens (tertiary/aromatic N) is 1. The Bertz CT molecular complexity index is 1310. The predicted octanol–water partition coefficient (Wildman–Crippen LogP) is 5.84. The molecule has 0 unspecified atom stereocenters. The van der Waals surface area contributed by atoms with Crippen LogP contribution in [-0.2, 0) is 11.4 Å². The van der Waals surface area contributed by atoms with Gasteiger partial charge in [0.2, 0.25) is 0 Å². The molecular formula is C27H23NO4S. The molecule has 1 atom stereocenters. The zero-order chi connectivity index (χ0) is 22.8. The third kappa shape index (κ3) is 4.34. The number of aliphatic carboxylic acids is 1. The number of likely N-dealkylation sites (tertiary alicyclic amines) is 1. The SMILES string of the molecule is O=C(O)[C@@H]1CCCN1C(=O)c1cccc(COc2ccc(-c3cccc4ccsc34)cc2)c1. The van der Waals surface area contributed by atoms with Crippen LogP contribution in [0.5, 0.6) is 5.75 Å². The molecule has 1 aromatic heterocycles. The van der Waals surface area contributed by atoms with Crippen LogP contribution in [0.1, 0.15) is 28.8 Å². The van der Waals surface area contributed by atoms with Crippen LogP contribution in [0.4, 0.5) is 0 Å². The van der Waals surface area contributed by atoms with Crippen LogP contribution in [0.15, 0.2) is 78.2 Å². The van der Waals surface area contributed by atoms with Crippen molar-refractivity contribution in [1.29, 1.82) is 0 Å². The molecule has 1 N–H and O–H groups in total. The molecule has 1 fully saturated rings. The average Bonchev–Trinajstić information content (AvgIpc) is 3.52. The normalized spacial score (nSPS) is 15.6. The van der Waals surface area contributed by atoms with Crippen molar-refractivity contribution in [3.8, 4) is 16.9 Å². The van der Waals surface area contributed by atoms with E-state index in [1.165, 1.54) is 20.5 Å². The Kier molecular flexibility index (Phi) is 5.84. The molecule has 4 aromatic rings. The van der Waals surface area contributed by atoms with E-state index in [0.717, 1.165) is 16.9 Å². The molecule has 0 radical (unpaired) electrons. The van der Waals surface area contributed by atoms with E-state index in [1.807, 2.05) is 24.3 Å². The number of hydrogen-bond acceptors (Lipinski definition) is 4. The van der Waals surface area contributed by atoms with Crippen molar-refractivity contribution >= 4 is 33.3 Å². The molecule has 5 nitrogen and oxygen atoms in total. The molecule has 0 spiro atoms. The molecule has 0 saturated carbocycles. The summed E-state index contributed by atoms with van der Waals surface area (Å²) in [5.74, 6) is -0.438. The number of amides is 1. The summed E-state index contributed by atoms with van der Waals surface area (Å²) in [5.41, 5.74) is 3.70. The van der Waals surface area contributed by atoms with Gasteiger partial charge in [-0.25, -0.2) is 4.79 Å². The minimum atomic E-state index is -0.945. The van der Waals surface area contributed by atoms with E-state index in [2.05, 4.69) is 41.8 Å². The number of carboxylic acid groups (broad SMARTS) is 1. The lowest BCUT2D eigenvalue weighted by molar-refractivity contribution is -0.141. The van der Waals surface area contributed by atoms with Gasteiger partial charge in [-0.15, -0.1) is 11.3 Å². The highest BCUT2D eigenvalue weighted by molar-refractivity contribution is 7.17. The summed E-state index contributed by atoms with van der Waals surface area (Å²) >= 11 is 1.74. The third-order valence-corrected chi connectivity index (χ3v) is 6.99. The summed E-state index contributed by atoms with van der Waals surface area (Å²) in [5, 5.41) is 12.7.